The Morgan fingerprint density at radius 3 is 2.59 bits per heavy atom. The fourth-order valence-corrected chi connectivity index (χ4v) is 5.30. The number of nitrogens with zero attached hydrogens (tertiary/aromatic N) is 1. The molecule has 1 spiro atoms. The van der Waals surface area contributed by atoms with Gasteiger partial charge in [0.2, 0.25) is 17.7 Å². The van der Waals surface area contributed by atoms with Crippen molar-refractivity contribution in [3.63, 3.8) is 0 Å². The van der Waals surface area contributed by atoms with E-state index in [1.54, 1.807) is 12.1 Å². The van der Waals surface area contributed by atoms with Crippen molar-refractivity contribution >= 4 is 23.4 Å². The largest absolute Gasteiger partial charge is 0.508 e. The van der Waals surface area contributed by atoms with Gasteiger partial charge in [-0.25, -0.2) is 4.39 Å². The zero-order chi connectivity index (χ0) is 22.6. The number of hydrogen-bond acceptors (Lipinski definition) is 6. The summed E-state index contributed by atoms with van der Waals surface area (Å²) in [5.41, 5.74) is 0.0339. The van der Waals surface area contributed by atoms with E-state index >= 15 is 0 Å². The molecule has 8 nitrogen and oxygen atoms in total. The summed E-state index contributed by atoms with van der Waals surface area (Å²) in [4.78, 5) is 41.2. The molecular formula is C23H22FN3O5. The number of anilines is 1. The highest BCUT2D eigenvalue weighted by Crippen LogP contribution is 2.53. The number of hydrogen-bond donors (Lipinski definition) is 3. The number of fused-ring (bicyclic) bond motifs is 4. The van der Waals surface area contributed by atoms with E-state index in [4.69, 9.17) is 4.74 Å². The lowest BCUT2D eigenvalue weighted by molar-refractivity contribution is -0.143. The summed E-state index contributed by atoms with van der Waals surface area (Å²) in [6.07, 6.45) is 0.345. The molecular weight excluding hydrogens is 417 g/mol. The smallest absolute Gasteiger partial charge is 0.250 e. The number of rotatable bonds is 5. The van der Waals surface area contributed by atoms with Gasteiger partial charge in [0.15, 0.2) is 0 Å². The van der Waals surface area contributed by atoms with Gasteiger partial charge in [0.1, 0.15) is 17.1 Å². The molecule has 0 radical (unpaired) electrons. The molecule has 3 aliphatic heterocycles. The first-order valence-electron chi connectivity index (χ1n) is 10.4. The number of amides is 3. The number of carbonyl (C=O) groups excluding carboxylic acids is 3. The molecule has 0 saturated carbocycles. The van der Waals surface area contributed by atoms with Crippen LogP contribution in [0.1, 0.15) is 11.1 Å². The van der Waals surface area contributed by atoms with Crippen LogP contribution in [0.4, 0.5) is 10.1 Å². The third-order valence-electron chi connectivity index (χ3n) is 6.68. The zero-order valence-electron chi connectivity index (χ0n) is 17.3. The van der Waals surface area contributed by atoms with Crippen molar-refractivity contribution in [2.75, 3.05) is 25.6 Å². The summed E-state index contributed by atoms with van der Waals surface area (Å²) in [6, 6.07) is 9.93. The van der Waals surface area contributed by atoms with Crippen LogP contribution in [0.25, 0.3) is 0 Å². The Morgan fingerprint density at radius 2 is 1.88 bits per heavy atom. The molecule has 2 aromatic rings. The number of nitrogens with one attached hydrogen (secondary N) is 2. The molecule has 4 atom stereocenters. The van der Waals surface area contributed by atoms with Crippen LogP contribution in [0.2, 0.25) is 0 Å². The van der Waals surface area contributed by atoms with Gasteiger partial charge in [0, 0.05) is 24.4 Å². The summed E-state index contributed by atoms with van der Waals surface area (Å²) >= 11 is 0. The van der Waals surface area contributed by atoms with E-state index in [1.165, 1.54) is 37.4 Å². The van der Waals surface area contributed by atoms with Crippen LogP contribution in [0.5, 0.6) is 5.75 Å². The molecule has 166 valence electrons. The Bertz CT molecular complexity index is 1120. The standard InChI is InChI=1S/C23H22FN3O5/c1-32-9-8-27-20(29)18-17(10-12-2-5-14(28)6-3-12)26-23(19(18)21(27)30)15-11-13(24)4-7-16(15)25-22(23)31/h2-7,11,17-19,26,28H,8-10H2,1H3,(H,25,31)/t17-,18+,19-,23-/m0/s1. The fourth-order valence-electron chi connectivity index (χ4n) is 5.30. The van der Waals surface area contributed by atoms with E-state index < -0.39 is 41.0 Å². The van der Waals surface area contributed by atoms with Gasteiger partial charge in [0.25, 0.3) is 0 Å². The normalized spacial score (nSPS) is 28.4. The van der Waals surface area contributed by atoms with Crippen molar-refractivity contribution in [2.45, 2.75) is 18.0 Å². The summed E-state index contributed by atoms with van der Waals surface area (Å²) in [5.74, 6) is -3.54. The number of phenols is 1. The summed E-state index contributed by atoms with van der Waals surface area (Å²) in [5, 5.41) is 15.6. The third-order valence-corrected chi connectivity index (χ3v) is 6.68. The van der Waals surface area contributed by atoms with Crippen molar-refractivity contribution in [1.82, 2.24) is 10.2 Å². The Balaban J connectivity index is 1.61. The van der Waals surface area contributed by atoms with Gasteiger partial charge in [-0.15, -0.1) is 0 Å². The number of benzene rings is 2. The van der Waals surface area contributed by atoms with Crippen LogP contribution >= 0.6 is 0 Å². The van der Waals surface area contributed by atoms with Gasteiger partial charge in [-0.1, -0.05) is 12.1 Å². The van der Waals surface area contributed by atoms with Crippen LogP contribution in [-0.4, -0.2) is 54.0 Å². The Morgan fingerprint density at radius 1 is 1.12 bits per heavy atom. The lowest BCUT2D eigenvalue weighted by Crippen LogP contribution is -2.53. The highest BCUT2D eigenvalue weighted by molar-refractivity contribution is 6.15. The van der Waals surface area contributed by atoms with E-state index in [0.717, 1.165) is 10.5 Å². The second-order valence-corrected chi connectivity index (χ2v) is 8.40. The first-order valence-corrected chi connectivity index (χ1v) is 10.4. The zero-order valence-corrected chi connectivity index (χ0v) is 17.3. The number of ether oxygens (including phenoxy) is 1. The van der Waals surface area contributed by atoms with E-state index in [0.29, 0.717) is 17.7 Å². The number of methoxy groups -OCH3 is 1. The highest BCUT2D eigenvalue weighted by atomic mass is 19.1. The van der Waals surface area contributed by atoms with Gasteiger partial charge >= 0.3 is 0 Å². The minimum absolute atomic E-state index is 0.0841. The maximum absolute atomic E-state index is 14.2. The average molecular weight is 439 g/mol. The third kappa shape index (κ3) is 2.85. The van der Waals surface area contributed by atoms with Crippen molar-refractivity contribution in [3.8, 4) is 5.75 Å². The predicted octanol–water partition coefficient (Wildman–Crippen LogP) is 1.14. The first kappa shape index (κ1) is 20.6. The van der Waals surface area contributed by atoms with Gasteiger partial charge in [-0.3, -0.25) is 24.6 Å². The molecule has 2 aromatic carbocycles. The number of imide groups is 1. The molecule has 2 saturated heterocycles. The van der Waals surface area contributed by atoms with Crippen LogP contribution in [-0.2, 0) is 31.1 Å². The Hall–Kier alpha value is -3.30. The molecule has 3 heterocycles. The summed E-state index contributed by atoms with van der Waals surface area (Å²) < 4.78 is 19.3. The molecule has 3 aliphatic rings. The van der Waals surface area contributed by atoms with Crippen molar-refractivity contribution in [1.29, 1.82) is 0 Å². The lowest BCUT2D eigenvalue weighted by Gasteiger charge is -2.29. The van der Waals surface area contributed by atoms with E-state index in [9.17, 15) is 23.9 Å². The molecule has 0 aromatic heterocycles. The monoisotopic (exact) mass is 439 g/mol. The number of likely N-dealkylation sites (tertiary alicyclic amines) is 1. The Labute approximate surface area is 183 Å². The van der Waals surface area contributed by atoms with Crippen molar-refractivity contribution < 1.29 is 28.6 Å². The first-order chi connectivity index (χ1) is 15.4. The van der Waals surface area contributed by atoms with Gasteiger partial charge in [0.05, 0.1) is 25.0 Å². The van der Waals surface area contributed by atoms with Crippen LogP contribution in [0.3, 0.4) is 0 Å². The molecule has 5 rings (SSSR count). The van der Waals surface area contributed by atoms with Crippen LogP contribution in [0, 0.1) is 17.7 Å². The molecule has 0 unspecified atom stereocenters. The molecule has 32 heavy (non-hydrogen) atoms. The molecule has 3 amide bonds. The topological polar surface area (TPSA) is 108 Å². The van der Waals surface area contributed by atoms with E-state index in [-0.39, 0.29) is 24.8 Å². The lowest BCUT2D eigenvalue weighted by atomic mass is 9.76. The summed E-state index contributed by atoms with van der Waals surface area (Å²) in [6.45, 7) is 0.262. The molecule has 0 aliphatic carbocycles. The predicted molar refractivity (Wildman–Crippen MR) is 111 cm³/mol. The van der Waals surface area contributed by atoms with E-state index in [2.05, 4.69) is 10.6 Å². The molecule has 9 heteroatoms. The number of carbonyl (C=O) groups is 3. The maximum atomic E-state index is 14.2. The van der Waals surface area contributed by atoms with Crippen molar-refractivity contribution in [3.05, 3.63) is 59.4 Å². The second-order valence-electron chi connectivity index (χ2n) is 8.40. The van der Waals surface area contributed by atoms with Crippen molar-refractivity contribution in [2.24, 2.45) is 11.8 Å². The van der Waals surface area contributed by atoms with Gasteiger partial charge in [-0.05, 0) is 42.3 Å². The number of aromatic hydroxyl groups is 1. The molecule has 3 N–H and O–H groups in total. The van der Waals surface area contributed by atoms with Gasteiger partial charge < -0.3 is 15.2 Å². The Kier molecular flexibility index (Phi) is 4.75. The fraction of sp³-hybridized carbons (Fsp3) is 0.348. The maximum Gasteiger partial charge on any atom is 0.250 e. The number of phenolic OH excluding ortho intramolecular Hbond substituents is 1. The minimum Gasteiger partial charge on any atom is -0.508 e. The second kappa shape index (κ2) is 7.39. The highest BCUT2D eigenvalue weighted by Gasteiger charge is 2.70. The SMILES string of the molecule is COCCN1C(=O)[C@@H]2[C@H](Cc3ccc(O)cc3)N[C@]3(C(=O)Nc4ccc(F)cc43)[C@@H]2C1=O. The van der Waals surface area contributed by atoms with Crippen LogP contribution in [0.15, 0.2) is 42.5 Å². The molecule has 2 fully saturated rings. The van der Waals surface area contributed by atoms with E-state index in [1.807, 2.05) is 0 Å². The quantitative estimate of drug-likeness (QED) is 0.603. The van der Waals surface area contributed by atoms with Crippen LogP contribution < -0.4 is 10.6 Å². The minimum atomic E-state index is -1.54. The number of halogens is 1. The van der Waals surface area contributed by atoms with Gasteiger partial charge in [-0.2, -0.15) is 0 Å². The summed E-state index contributed by atoms with van der Waals surface area (Å²) in [7, 11) is 1.48. The average Bonchev–Trinajstić information content (AvgIpc) is 3.34. The molecule has 0 bridgehead atoms.